The Bertz CT molecular complexity index is 1050. The van der Waals surface area contributed by atoms with E-state index in [0.29, 0.717) is 17.4 Å². The van der Waals surface area contributed by atoms with E-state index in [1.807, 2.05) is 72.8 Å². The molecule has 0 fully saturated rings. The van der Waals surface area contributed by atoms with E-state index in [9.17, 15) is 0 Å². The van der Waals surface area contributed by atoms with Gasteiger partial charge in [0.1, 0.15) is 5.71 Å². The van der Waals surface area contributed by atoms with Gasteiger partial charge in [0, 0.05) is 11.1 Å². The minimum Gasteiger partial charge on any atom is -0.334 e. The van der Waals surface area contributed by atoms with Crippen LogP contribution >= 0.6 is 0 Å². The number of benzene rings is 3. The highest BCUT2D eigenvalue weighted by Crippen LogP contribution is 2.18. The summed E-state index contributed by atoms with van der Waals surface area (Å²) < 4.78 is 5.47. The molecule has 0 saturated carbocycles. The fourth-order valence-corrected chi connectivity index (χ4v) is 2.79. The molecule has 0 atom stereocenters. The molecule has 1 N–H and O–H groups in total. The Morgan fingerprint density at radius 1 is 0.893 bits per heavy atom. The molecule has 0 unspecified atom stereocenters. The van der Waals surface area contributed by atoms with Gasteiger partial charge in [-0.2, -0.15) is 10.1 Å². The number of hydrogen-bond donors (Lipinski definition) is 1. The van der Waals surface area contributed by atoms with Crippen molar-refractivity contribution in [3.8, 4) is 11.5 Å². The summed E-state index contributed by atoms with van der Waals surface area (Å²) in [6, 6.07) is 27.7. The molecule has 0 aliphatic carbocycles. The van der Waals surface area contributed by atoms with Gasteiger partial charge in [-0.05, 0) is 36.2 Å². The lowest BCUT2D eigenvalue weighted by Gasteiger charge is -2.05. The van der Waals surface area contributed by atoms with E-state index in [0.717, 1.165) is 23.2 Å². The van der Waals surface area contributed by atoms with Crippen LogP contribution in [0.5, 0.6) is 0 Å². The third-order valence-electron chi connectivity index (χ3n) is 4.36. The Kier molecular flexibility index (Phi) is 5.24. The van der Waals surface area contributed by atoms with Gasteiger partial charge in [-0.1, -0.05) is 72.7 Å². The summed E-state index contributed by atoms with van der Waals surface area (Å²) >= 11 is 0. The Balaban J connectivity index is 1.67. The number of aromatic nitrogens is 2. The van der Waals surface area contributed by atoms with Gasteiger partial charge in [-0.3, -0.25) is 5.43 Å². The molecule has 0 bridgehead atoms. The summed E-state index contributed by atoms with van der Waals surface area (Å²) in [6.45, 7) is 2.13. The standard InChI is InChI=1S/C23H20N4O/c1-2-17-13-15-20(16-14-17)25-26-21(18-9-5-3-6-10-18)22-24-23(28-27-22)19-11-7-4-8-12-19/h3-16,25H,2H2,1H3/b26-21-. The second-order valence-corrected chi connectivity index (χ2v) is 6.28. The molecule has 0 aliphatic rings. The number of nitrogens with zero attached hydrogens (tertiary/aromatic N) is 3. The summed E-state index contributed by atoms with van der Waals surface area (Å²) in [5, 5.41) is 8.73. The molecule has 0 aliphatic heterocycles. The number of aryl methyl sites for hydroxylation is 1. The van der Waals surface area contributed by atoms with Gasteiger partial charge in [-0.25, -0.2) is 0 Å². The summed E-state index contributed by atoms with van der Waals surface area (Å²) in [5.41, 5.74) is 7.68. The summed E-state index contributed by atoms with van der Waals surface area (Å²) in [6.07, 6.45) is 1.00. The van der Waals surface area contributed by atoms with E-state index in [-0.39, 0.29) is 0 Å². The number of rotatable bonds is 6. The van der Waals surface area contributed by atoms with Crippen molar-refractivity contribution in [3.63, 3.8) is 0 Å². The Morgan fingerprint density at radius 3 is 2.25 bits per heavy atom. The van der Waals surface area contributed by atoms with Crippen LogP contribution in [0.4, 0.5) is 5.69 Å². The zero-order valence-corrected chi connectivity index (χ0v) is 15.5. The van der Waals surface area contributed by atoms with Gasteiger partial charge in [0.25, 0.3) is 5.89 Å². The average molecular weight is 368 g/mol. The lowest BCUT2D eigenvalue weighted by Crippen LogP contribution is -2.08. The number of nitrogens with one attached hydrogen (secondary N) is 1. The SMILES string of the molecule is CCc1ccc(N/N=C(/c2ccccc2)c2noc(-c3ccccc3)n2)cc1. The van der Waals surface area contributed by atoms with Gasteiger partial charge in [0.15, 0.2) is 0 Å². The average Bonchev–Trinajstić information content (AvgIpc) is 3.26. The van der Waals surface area contributed by atoms with Crippen LogP contribution < -0.4 is 5.43 Å². The van der Waals surface area contributed by atoms with Crippen LogP contribution in [0.25, 0.3) is 11.5 Å². The molecule has 138 valence electrons. The van der Waals surface area contributed by atoms with Gasteiger partial charge >= 0.3 is 0 Å². The van der Waals surface area contributed by atoms with E-state index in [1.165, 1.54) is 5.56 Å². The molecular formula is C23H20N4O. The van der Waals surface area contributed by atoms with Crippen molar-refractivity contribution in [2.45, 2.75) is 13.3 Å². The molecule has 1 aromatic heterocycles. The molecule has 1 heterocycles. The Morgan fingerprint density at radius 2 is 1.57 bits per heavy atom. The lowest BCUT2D eigenvalue weighted by atomic mass is 10.1. The molecule has 28 heavy (non-hydrogen) atoms. The molecule has 3 aromatic carbocycles. The zero-order chi connectivity index (χ0) is 19.2. The first kappa shape index (κ1) is 17.7. The Labute approximate surface area is 163 Å². The van der Waals surface area contributed by atoms with Gasteiger partial charge in [0.05, 0.1) is 5.69 Å². The second kappa shape index (κ2) is 8.31. The van der Waals surface area contributed by atoms with Crippen molar-refractivity contribution in [1.82, 2.24) is 10.1 Å². The van der Waals surface area contributed by atoms with Crippen molar-refractivity contribution >= 4 is 11.4 Å². The minimum absolute atomic E-state index is 0.433. The quantitative estimate of drug-likeness (QED) is 0.377. The molecule has 0 radical (unpaired) electrons. The maximum Gasteiger partial charge on any atom is 0.258 e. The van der Waals surface area contributed by atoms with Crippen molar-refractivity contribution in [3.05, 3.63) is 102 Å². The third kappa shape index (κ3) is 3.99. The van der Waals surface area contributed by atoms with Crippen LogP contribution in [0.1, 0.15) is 23.9 Å². The summed E-state index contributed by atoms with van der Waals surface area (Å²) in [4.78, 5) is 4.55. The highest BCUT2D eigenvalue weighted by molar-refractivity contribution is 6.10. The monoisotopic (exact) mass is 368 g/mol. The predicted octanol–water partition coefficient (Wildman–Crippen LogP) is 5.16. The van der Waals surface area contributed by atoms with E-state index >= 15 is 0 Å². The van der Waals surface area contributed by atoms with Crippen LogP contribution in [-0.4, -0.2) is 15.9 Å². The summed E-state index contributed by atoms with van der Waals surface area (Å²) in [5.74, 6) is 0.897. The predicted molar refractivity (Wildman–Crippen MR) is 111 cm³/mol. The van der Waals surface area contributed by atoms with Crippen LogP contribution in [0.3, 0.4) is 0 Å². The first-order valence-corrected chi connectivity index (χ1v) is 9.21. The minimum atomic E-state index is 0.433. The number of hydrogen-bond acceptors (Lipinski definition) is 5. The molecule has 0 amide bonds. The molecule has 4 aromatic rings. The first-order chi connectivity index (χ1) is 13.8. The molecule has 5 heteroatoms. The molecule has 0 saturated heterocycles. The molecule has 4 rings (SSSR count). The van der Waals surface area contributed by atoms with Crippen LogP contribution in [0.2, 0.25) is 0 Å². The number of anilines is 1. The summed E-state index contributed by atoms with van der Waals surface area (Å²) in [7, 11) is 0. The highest BCUT2D eigenvalue weighted by atomic mass is 16.5. The van der Waals surface area contributed by atoms with Gasteiger partial charge in [-0.15, -0.1) is 0 Å². The number of hydrazone groups is 1. The maximum absolute atomic E-state index is 5.47. The molecular weight excluding hydrogens is 348 g/mol. The second-order valence-electron chi connectivity index (χ2n) is 6.28. The Hall–Kier alpha value is -3.73. The first-order valence-electron chi connectivity index (χ1n) is 9.21. The third-order valence-corrected chi connectivity index (χ3v) is 4.36. The largest absolute Gasteiger partial charge is 0.334 e. The van der Waals surface area contributed by atoms with Crippen molar-refractivity contribution < 1.29 is 4.52 Å². The van der Waals surface area contributed by atoms with Crippen LogP contribution in [0.15, 0.2) is 94.6 Å². The smallest absolute Gasteiger partial charge is 0.258 e. The van der Waals surface area contributed by atoms with E-state index < -0.39 is 0 Å². The van der Waals surface area contributed by atoms with Crippen LogP contribution in [-0.2, 0) is 6.42 Å². The van der Waals surface area contributed by atoms with Crippen LogP contribution in [0, 0.1) is 0 Å². The lowest BCUT2D eigenvalue weighted by molar-refractivity contribution is 0.429. The zero-order valence-electron chi connectivity index (χ0n) is 15.5. The fraction of sp³-hybridized carbons (Fsp3) is 0.0870. The maximum atomic E-state index is 5.47. The normalized spacial score (nSPS) is 11.4. The highest BCUT2D eigenvalue weighted by Gasteiger charge is 2.16. The molecule has 0 spiro atoms. The topological polar surface area (TPSA) is 63.3 Å². The van der Waals surface area contributed by atoms with Gasteiger partial charge < -0.3 is 4.52 Å². The van der Waals surface area contributed by atoms with Crippen molar-refractivity contribution in [1.29, 1.82) is 0 Å². The fourth-order valence-electron chi connectivity index (χ4n) is 2.79. The van der Waals surface area contributed by atoms with Crippen molar-refractivity contribution in [2.24, 2.45) is 5.10 Å². The van der Waals surface area contributed by atoms with E-state index in [4.69, 9.17) is 4.52 Å². The van der Waals surface area contributed by atoms with E-state index in [1.54, 1.807) is 0 Å². The molecule has 5 nitrogen and oxygen atoms in total. The van der Waals surface area contributed by atoms with Gasteiger partial charge in [0.2, 0.25) is 5.82 Å². The van der Waals surface area contributed by atoms with Crippen molar-refractivity contribution in [2.75, 3.05) is 5.43 Å². The van der Waals surface area contributed by atoms with E-state index in [2.05, 4.69) is 39.7 Å².